The van der Waals surface area contributed by atoms with Crippen molar-refractivity contribution in [1.82, 2.24) is 40.8 Å². The molecule has 17 heteroatoms. The Morgan fingerprint density at radius 1 is 0.824 bits per heavy atom. The number of hydrogen-bond donors (Lipinski definition) is 6. The molecule has 0 aliphatic carbocycles. The van der Waals surface area contributed by atoms with Gasteiger partial charge in [-0.25, -0.2) is 4.98 Å². The van der Waals surface area contributed by atoms with Gasteiger partial charge in [-0.2, -0.15) is 0 Å². The van der Waals surface area contributed by atoms with E-state index < -0.39 is 55.2 Å². The lowest BCUT2D eigenvalue weighted by molar-refractivity contribution is -0.130. The van der Waals surface area contributed by atoms with Gasteiger partial charge in [0.1, 0.15) is 6.04 Å². The molecule has 0 aliphatic rings. The lowest BCUT2D eigenvalue weighted by Gasteiger charge is -2.18. The quantitative estimate of drug-likeness (QED) is 0.0741. The second kappa shape index (κ2) is 18.9. The van der Waals surface area contributed by atoms with Crippen LogP contribution in [0, 0.1) is 0 Å². The predicted molar refractivity (Wildman–Crippen MR) is 183 cm³/mol. The molecule has 0 saturated carbocycles. The molecule has 3 aromatic heterocycles. The van der Waals surface area contributed by atoms with Crippen molar-refractivity contribution in [2.45, 2.75) is 32.5 Å². The predicted octanol–water partition coefficient (Wildman–Crippen LogP) is -0.310. The second-order valence-electron chi connectivity index (χ2n) is 11.2. The van der Waals surface area contributed by atoms with E-state index in [1.165, 1.54) is 25.4 Å². The number of nitrogens with one attached hydrogen (secondary N) is 5. The van der Waals surface area contributed by atoms with Crippen LogP contribution in [0.4, 0.5) is 5.69 Å². The molecule has 51 heavy (non-hydrogen) atoms. The maximum absolute atomic E-state index is 13.1. The van der Waals surface area contributed by atoms with E-state index in [0.717, 1.165) is 5.56 Å². The lowest BCUT2D eigenvalue weighted by Crippen LogP contribution is -2.52. The van der Waals surface area contributed by atoms with Crippen LogP contribution in [0.2, 0.25) is 0 Å². The van der Waals surface area contributed by atoms with E-state index in [-0.39, 0.29) is 17.9 Å². The summed E-state index contributed by atoms with van der Waals surface area (Å²) in [5.74, 6) is -3.58. The fourth-order valence-corrected chi connectivity index (χ4v) is 4.54. The third kappa shape index (κ3) is 12.8. The number of amides is 6. The Kier molecular flexibility index (Phi) is 13.8. The number of primary amides is 1. The van der Waals surface area contributed by atoms with Crippen LogP contribution in [-0.2, 0) is 48.3 Å². The molecule has 0 unspecified atom stereocenters. The Hall–Kier alpha value is -6.49. The third-order valence-corrected chi connectivity index (χ3v) is 7.02. The van der Waals surface area contributed by atoms with Crippen LogP contribution < -0.4 is 32.3 Å². The number of ether oxygens (including phenoxy) is 1. The van der Waals surface area contributed by atoms with E-state index >= 15 is 0 Å². The highest BCUT2D eigenvalue weighted by molar-refractivity contribution is 5.97. The van der Waals surface area contributed by atoms with Crippen molar-refractivity contribution in [3.05, 3.63) is 96.3 Å². The summed E-state index contributed by atoms with van der Waals surface area (Å²) >= 11 is 0. The zero-order chi connectivity index (χ0) is 36.6. The summed E-state index contributed by atoms with van der Waals surface area (Å²) in [4.78, 5) is 85.8. The summed E-state index contributed by atoms with van der Waals surface area (Å²) in [6.45, 7) is 1.41. The third-order valence-electron chi connectivity index (χ3n) is 7.02. The Labute approximate surface area is 292 Å². The van der Waals surface area contributed by atoms with Crippen molar-refractivity contribution in [2.24, 2.45) is 5.73 Å². The fraction of sp³-hybridized carbons (Fsp3) is 0.265. The van der Waals surface area contributed by atoms with E-state index in [0.29, 0.717) is 42.5 Å². The second-order valence-corrected chi connectivity index (χ2v) is 11.2. The van der Waals surface area contributed by atoms with E-state index in [1.807, 2.05) is 30.3 Å². The molecule has 0 fully saturated rings. The Morgan fingerprint density at radius 3 is 2.22 bits per heavy atom. The van der Waals surface area contributed by atoms with E-state index in [1.54, 1.807) is 35.3 Å². The van der Waals surface area contributed by atoms with Crippen LogP contribution in [0.3, 0.4) is 0 Å². The molecule has 3 heterocycles. The highest BCUT2D eigenvalue weighted by Gasteiger charge is 2.23. The summed E-state index contributed by atoms with van der Waals surface area (Å²) < 4.78 is 7.51. The SMILES string of the molecule is CC(=O)Nc1ccc(-c2ccc(C(=O)NCC(=O)N[C@@H](Cc3cn(CCOCc4ccccc4)cn3)C(=O)NCC(=O)NCC(N)=O)cn2)nc1. The molecular formula is C34H38N10O7. The highest BCUT2D eigenvalue weighted by Crippen LogP contribution is 2.17. The molecule has 7 N–H and O–H groups in total. The molecule has 6 amide bonds. The van der Waals surface area contributed by atoms with Gasteiger partial charge in [0, 0.05) is 32.3 Å². The minimum Gasteiger partial charge on any atom is -0.375 e. The van der Waals surface area contributed by atoms with Crippen LogP contribution in [0.15, 0.2) is 79.5 Å². The summed E-state index contributed by atoms with van der Waals surface area (Å²) in [5, 5.41) is 12.4. The molecule has 17 nitrogen and oxygen atoms in total. The van der Waals surface area contributed by atoms with Gasteiger partial charge >= 0.3 is 0 Å². The molecule has 0 spiro atoms. The maximum Gasteiger partial charge on any atom is 0.253 e. The number of benzene rings is 1. The van der Waals surface area contributed by atoms with Gasteiger partial charge in [-0.15, -0.1) is 0 Å². The zero-order valence-corrected chi connectivity index (χ0v) is 27.8. The van der Waals surface area contributed by atoms with Crippen LogP contribution >= 0.6 is 0 Å². The molecule has 0 saturated heterocycles. The number of hydrogen-bond acceptors (Lipinski definition) is 10. The topological polar surface area (TPSA) is 241 Å². The Bertz CT molecular complexity index is 1810. The largest absolute Gasteiger partial charge is 0.375 e. The summed E-state index contributed by atoms with van der Waals surface area (Å²) in [7, 11) is 0. The minimum absolute atomic E-state index is 0.0302. The van der Waals surface area contributed by atoms with Crippen LogP contribution in [0.25, 0.3) is 11.4 Å². The number of pyridine rings is 2. The van der Waals surface area contributed by atoms with Gasteiger partial charge in [-0.1, -0.05) is 30.3 Å². The zero-order valence-electron chi connectivity index (χ0n) is 27.8. The van der Waals surface area contributed by atoms with Gasteiger partial charge in [0.05, 0.1) is 73.7 Å². The first-order chi connectivity index (χ1) is 24.5. The molecule has 0 aliphatic heterocycles. The van der Waals surface area contributed by atoms with Crippen molar-refractivity contribution in [2.75, 3.05) is 31.6 Å². The summed E-state index contributed by atoms with van der Waals surface area (Å²) in [6.07, 6.45) is 6.07. The van der Waals surface area contributed by atoms with Gasteiger partial charge in [-0.05, 0) is 29.8 Å². The van der Waals surface area contributed by atoms with Crippen LogP contribution in [-0.4, -0.2) is 87.2 Å². The van der Waals surface area contributed by atoms with E-state index in [2.05, 4.69) is 41.5 Å². The van der Waals surface area contributed by atoms with Gasteiger partial charge < -0.3 is 41.6 Å². The summed E-state index contributed by atoms with van der Waals surface area (Å²) in [6, 6.07) is 15.0. The average molecular weight is 699 g/mol. The van der Waals surface area contributed by atoms with Crippen molar-refractivity contribution in [1.29, 1.82) is 0 Å². The first-order valence-corrected chi connectivity index (χ1v) is 15.8. The Morgan fingerprint density at radius 2 is 1.55 bits per heavy atom. The highest BCUT2D eigenvalue weighted by atomic mass is 16.5. The maximum atomic E-state index is 13.1. The van der Waals surface area contributed by atoms with Crippen LogP contribution in [0.1, 0.15) is 28.5 Å². The molecule has 1 aromatic carbocycles. The molecule has 4 aromatic rings. The van der Waals surface area contributed by atoms with Gasteiger partial charge in [0.15, 0.2) is 0 Å². The number of carbonyl (C=O) groups is 6. The Balaban J connectivity index is 1.31. The molecular weight excluding hydrogens is 660 g/mol. The fourth-order valence-electron chi connectivity index (χ4n) is 4.54. The number of anilines is 1. The van der Waals surface area contributed by atoms with E-state index in [4.69, 9.17) is 10.5 Å². The normalized spacial score (nSPS) is 11.2. The molecule has 0 bridgehead atoms. The van der Waals surface area contributed by atoms with Crippen molar-refractivity contribution < 1.29 is 33.5 Å². The minimum atomic E-state index is -1.17. The van der Waals surface area contributed by atoms with Crippen LogP contribution in [0.5, 0.6) is 0 Å². The van der Waals surface area contributed by atoms with Crippen molar-refractivity contribution >= 4 is 41.1 Å². The number of nitrogens with zero attached hydrogens (tertiary/aromatic N) is 4. The first kappa shape index (κ1) is 37.3. The molecule has 0 radical (unpaired) electrons. The number of imidazole rings is 1. The number of rotatable bonds is 18. The molecule has 266 valence electrons. The first-order valence-electron chi connectivity index (χ1n) is 15.8. The lowest BCUT2D eigenvalue weighted by atomic mass is 10.1. The summed E-state index contributed by atoms with van der Waals surface area (Å²) in [5.41, 5.74) is 8.27. The number of carbonyl (C=O) groups excluding carboxylic acids is 6. The smallest absolute Gasteiger partial charge is 0.253 e. The van der Waals surface area contributed by atoms with Gasteiger partial charge in [0.25, 0.3) is 5.91 Å². The standard InChI is InChI=1S/C34H38N10O7/c1-22(45)42-25-8-10-28(37-15-25)27-9-7-24(14-36-27)33(49)39-18-32(48)43-29(34(50)40-17-31(47)38-16-30(35)46)13-26-19-44(21-41-26)11-12-51-20-23-5-3-2-4-6-23/h2-10,14-15,19,21,29H,11-13,16-18,20H2,1H3,(H2,35,46)(H,38,47)(H,39,49)(H,40,50)(H,42,45)(H,43,48)/t29-/m0/s1. The molecule has 4 rings (SSSR count). The van der Waals surface area contributed by atoms with E-state index in [9.17, 15) is 28.8 Å². The van der Waals surface area contributed by atoms with Crippen molar-refractivity contribution in [3.63, 3.8) is 0 Å². The number of aromatic nitrogens is 4. The van der Waals surface area contributed by atoms with Gasteiger partial charge in [0.2, 0.25) is 29.5 Å². The van der Waals surface area contributed by atoms with Crippen molar-refractivity contribution in [3.8, 4) is 11.4 Å². The van der Waals surface area contributed by atoms with Gasteiger partial charge in [-0.3, -0.25) is 38.7 Å². The average Bonchev–Trinajstić information content (AvgIpc) is 3.57. The number of nitrogens with two attached hydrogens (primary N) is 1. The monoisotopic (exact) mass is 698 g/mol. The molecule has 1 atom stereocenters.